The van der Waals surface area contributed by atoms with E-state index in [9.17, 15) is 16.8 Å². The molecule has 10 atom stereocenters. The maximum Gasteiger partial charge on any atom is 0.397 e. The van der Waals surface area contributed by atoms with E-state index in [1.54, 1.807) is 0 Å². The third-order valence-corrected chi connectivity index (χ3v) is 6.79. The molecule has 2 saturated heterocycles. The van der Waals surface area contributed by atoms with Crippen molar-refractivity contribution in [1.82, 2.24) is 0 Å². The summed E-state index contributed by atoms with van der Waals surface area (Å²) in [4.78, 5) is 19.0. The van der Waals surface area contributed by atoms with Crippen molar-refractivity contribution >= 4 is 20.8 Å². The molecule has 2 aliphatic rings. The van der Waals surface area contributed by atoms with E-state index in [0.29, 0.717) is 0 Å². The molecule has 2 heterocycles. The molecule has 0 saturated carbocycles. The van der Waals surface area contributed by atoms with Crippen LogP contribution >= 0.6 is 0 Å². The lowest BCUT2D eigenvalue weighted by molar-refractivity contribution is -0.570. The molecule has 4 unspecified atom stereocenters. The Labute approximate surface area is 230 Å². The molecule has 2 aliphatic heterocycles. The van der Waals surface area contributed by atoms with Crippen molar-refractivity contribution in [3.63, 3.8) is 0 Å². The van der Waals surface area contributed by atoms with E-state index < -0.39 is 101 Å². The highest BCUT2D eigenvalue weighted by atomic mass is 32.3. The molecule has 0 aliphatic carbocycles. The number of hydrogen-bond donors (Lipinski definition) is 6. The average Bonchev–Trinajstić information content (AvgIpc) is 2.89. The molecule has 0 aromatic heterocycles. The molecular weight excluding hydrogens is 628 g/mol. The highest BCUT2D eigenvalue weighted by molar-refractivity contribution is 7.81. The lowest BCUT2D eigenvalue weighted by Gasteiger charge is -2.47. The van der Waals surface area contributed by atoms with Gasteiger partial charge in [-0.1, -0.05) is 20.2 Å². The van der Waals surface area contributed by atoms with Crippen LogP contribution in [0, 0.1) is 5.92 Å². The van der Waals surface area contributed by atoms with Gasteiger partial charge in [-0.05, 0) is 6.42 Å². The van der Waals surface area contributed by atoms with Crippen molar-refractivity contribution in [2.24, 2.45) is 5.92 Å². The molecule has 0 radical (unpaired) electrons. The van der Waals surface area contributed by atoms with Crippen molar-refractivity contribution in [2.75, 3.05) is 27.4 Å². The second-order valence-electron chi connectivity index (χ2n) is 8.06. The zero-order chi connectivity index (χ0) is 30.8. The normalized spacial score (nSPS) is 35.0. The summed E-state index contributed by atoms with van der Waals surface area (Å²) in [6.07, 6.45) is -14.8. The number of rotatable bonds is 18. The van der Waals surface area contributed by atoms with Gasteiger partial charge in [-0.3, -0.25) is 9.11 Å². The van der Waals surface area contributed by atoms with E-state index in [4.69, 9.17) is 63.7 Å². The zero-order valence-corrected chi connectivity index (χ0v) is 22.4. The predicted molar refractivity (Wildman–Crippen MR) is 113 cm³/mol. The van der Waals surface area contributed by atoms with Gasteiger partial charge in [0.2, 0.25) is 0 Å². The number of methoxy groups -OCH3 is 2. The maximum atomic E-state index is 11.2. The Balaban J connectivity index is 2.53. The standard InChI is InChI=1S/C15H28O24S2/c1-26-11-9(5-29-41(23,24)25)30-7(12(33-37-17)13(11)34-38-18)3-6-8(4-28-40(20,21)22)31-15(27-2)14(35-39-19)10(6)32-36-16/h6-19H,3-5H2,1-2H3,(H,20,21,22)(H,23,24,25)/t6-,7+,8?,9+,10+,11-,12?,13?,14?,15-/m1/s1. The molecule has 0 aromatic rings. The first-order valence-corrected chi connectivity index (χ1v) is 13.5. The molecule has 41 heavy (non-hydrogen) atoms. The summed E-state index contributed by atoms with van der Waals surface area (Å²) < 4.78 is 93.1. The van der Waals surface area contributed by atoms with Gasteiger partial charge >= 0.3 is 20.8 Å². The minimum absolute atomic E-state index is 0.576. The van der Waals surface area contributed by atoms with E-state index in [0.717, 1.165) is 14.2 Å². The predicted octanol–water partition coefficient (Wildman–Crippen LogP) is -2.06. The monoisotopic (exact) mass is 656 g/mol. The lowest BCUT2D eigenvalue weighted by Crippen LogP contribution is -2.63. The van der Waals surface area contributed by atoms with Crippen LogP contribution in [0.2, 0.25) is 0 Å². The third-order valence-electron chi connectivity index (χ3n) is 5.92. The Kier molecular flexibility index (Phi) is 14.9. The molecule has 24 nitrogen and oxygen atoms in total. The molecule has 0 spiro atoms. The molecule has 0 amide bonds. The van der Waals surface area contributed by atoms with Gasteiger partial charge in [0, 0.05) is 20.1 Å². The minimum Gasteiger partial charge on any atom is -0.376 e. The van der Waals surface area contributed by atoms with Gasteiger partial charge in [-0.15, -0.1) is 0 Å². The van der Waals surface area contributed by atoms with Crippen molar-refractivity contribution < 1.29 is 114 Å². The smallest absolute Gasteiger partial charge is 0.376 e. The summed E-state index contributed by atoms with van der Waals surface area (Å²) in [5, 5.41) is 50.6. The molecular formula is C15H28O24S2. The van der Waals surface area contributed by atoms with E-state index in [1.165, 1.54) is 0 Å². The Morgan fingerprint density at radius 1 is 0.585 bits per heavy atom. The van der Waals surface area contributed by atoms with Gasteiger partial charge in [0.25, 0.3) is 0 Å². The summed E-state index contributed by atoms with van der Waals surface area (Å²) in [7, 11) is -7.94. The quantitative estimate of drug-likeness (QED) is 0.0525. The second kappa shape index (κ2) is 16.8. The van der Waals surface area contributed by atoms with Gasteiger partial charge in [0.15, 0.2) is 24.6 Å². The van der Waals surface area contributed by atoms with Crippen LogP contribution in [0.5, 0.6) is 0 Å². The van der Waals surface area contributed by atoms with E-state index in [1.807, 2.05) is 0 Å². The van der Waals surface area contributed by atoms with Gasteiger partial charge < -0.3 is 18.9 Å². The molecule has 2 fully saturated rings. The number of hydrogen-bond acceptors (Lipinski definition) is 22. The lowest BCUT2D eigenvalue weighted by atomic mass is 9.81. The van der Waals surface area contributed by atoms with Gasteiger partial charge in [-0.25, -0.2) is 29.4 Å². The highest BCUT2D eigenvalue weighted by Gasteiger charge is 2.55. The van der Waals surface area contributed by atoms with Crippen molar-refractivity contribution in [2.45, 2.75) is 61.5 Å². The van der Waals surface area contributed by atoms with Crippen molar-refractivity contribution in [1.29, 1.82) is 0 Å². The van der Waals surface area contributed by atoms with Crippen LogP contribution in [0.4, 0.5) is 0 Å². The van der Waals surface area contributed by atoms with Crippen molar-refractivity contribution in [3.05, 3.63) is 0 Å². The third kappa shape index (κ3) is 10.6. The fourth-order valence-electron chi connectivity index (χ4n) is 4.42. The van der Waals surface area contributed by atoms with Crippen LogP contribution in [0.15, 0.2) is 0 Å². The van der Waals surface area contributed by atoms with Crippen LogP contribution in [0.1, 0.15) is 6.42 Å². The summed E-state index contributed by atoms with van der Waals surface area (Å²) in [5.74, 6) is -1.40. The minimum atomic E-state index is -5.06. The molecule has 0 bridgehead atoms. The van der Waals surface area contributed by atoms with Gasteiger partial charge in [-0.2, -0.15) is 36.4 Å². The SMILES string of the molecule is CO[C@@H]1OC(COS(=O)(=O)O)[C@@H](C[C@@H]2O[C@@H](COS(=O)(=O)O)[C@@H](OC)C(OOO)C2OOO)[C@H](OOO)C1OOO. The molecule has 2 rings (SSSR count). The summed E-state index contributed by atoms with van der Waals surface area (Å²) in [6, 6.07) is 0. The van der Waals surface area contributed by atoms with Crippen LogP contribution in [0.3, 0.4) is 0 Å². The van der Waals surface area contributed by atoms with Crippen LogP contribution in [0.25, 0.3) is 0 Å². The van der Waals surface area contributed by atoms with E-state index in [-0.39, 0.29) is 0 Å². The Morgan fingerprint density at radius 3 is 1.56 bits per heavy atom. The maximum absolute atomic E-state index is 11.2. The average molecular weight is 656 g/mol. The first kappa shape index (κ1) is 36.3. The Morgan fingerprint density at radius 2 is 1.07 bits per heavy atom. The fourth-order valence-corrected chi connectivity index (χ4v) is 5.04. The van der Waals surface area contributed by atoms with Gasteiger partial charge in [0.05, 0.1) is 25.4 Å². The van der Waals surface area contributed by atoms with Crippen LogP contribution in [-0.4, -0.2) is 130 Å². The summed E-state index contributed by atoms with van der Waals surface area (Å²) >= 11 is 0. The van der Waals surface area contributed by atoms with Crippen molar-refractivity contribution in [3.8, 4) is 0 Å². The zero-order valence-electron chi connectivity index (χ0n) is 20.7. The first-order valence-electron chi connectivity index (χ1n) is 10.8. The molecule has 6 N–H and O–H groups in total. The Hall–Kier alpha value is -0.900. The largest absolute Gasteiger partial charge is 0.397 e. The first-order chi connectivity index (χ1) is 19.3. The van der Waals surface area contributed by atoms with Crippen LogP contribution in [-0.2, 0) is 87.8 Å². The second-order valence-corrected chi connectivity index (χ2v) is 10.2. The van der Waals surface area contributed by atoms with Crippen LogP contribution < -0.4 is 0 Å². The fraction of sp³-hybridized carbons (Fsp3) is 1.00. The topological polar surface area (TPSA) is 319 Å². The van der Waals surface area contributed by atoms with E-state index >= 15 is 0 Å². The summed E-state index contributed by atoms with van der Waals surface area (Å²) in [6.45, 7) is -1.91. The Bertz CT molecular complexity index is 962. The highest BCUT2D eigenvalue weighted by Crippen LogP contribution is 2.38. The summed E-state index contributed by atoms with van der Waals surface area (Å²) in [5.41, 5.74) is 0. The van der Waals surface area contributed by atoms with E-state index in [2.05, 4.69) is 33.4 Å². The molecule has 0 aromatic carbocycles. The molecule has 26 heteroatoms. The molecule has 244 valence electrons. The van der Waals surface area contributed by atoms with Gasteiger partial charge in [0.1, 0.15) is 18.3 Å². The number of ether oxygens (including phenoxy) is 4.